The molecule has 0 spiro atoms. The van der Waals surface area contributed by atoms with Crippen LogP contribution in [0.15, 0.2) is 82.6 Å². The maximum Gasteiger partial charge on any atom is 0.399 e. The molecule has 3 N–H and O–H groups in total. The lowest BCUT2D eigenvalue weighted by Gasteiger charge is -2.23. The van der Waals surface area contributed by atoms with Crippen molar-refractivity contribution in [2.24, 2.45) is 0 Å². The van der Waals surface area contributed by atoms with Crippen LogP contribution in [0.2, 0.25) is 0 Å². The first kappa shape index (κ1) is 30.5. The third-order valence-electron chi connectivity index (χ3n) is 5.75. The van der Waals surface area contributed by atoms with Crippen LogP contribution in [-0.4, -0.2) is 33.3 Å². The molecule has 0 bridgehead atoms. The topological polar surface area (TPSA) is 129 Å². The maximum atomic E-state index is 14.3. The second-order valence-corrected chi connectivity index (χ2v) is 11.9. The van der Waals surface area contributed by atoms with Crippen molar-refractivity contribution >= 4 is 63.2 Å². The molecule has 0 aliphatic rings. The SMILES string of the molecule is CCOC(=O)C(=O)Nc1ccc(-c2csc(N(Cc3ccc(C(F)(F)P(=O)(O)O)c(Br)c3)c3ccccc3)n2)cc1. The van der Waals surface area contributed by atoms with Crippen LogP contribution in [0.3, 0.4) is 0 Å². The zero-order chi connectivity index (χ0) is 29.8. The molecular weight excluding hydrogens is 643 g/mol. The second kappa shape index (κ2) is 12.6. The van der Waals surface area contributed by atoms with E-state index in [-0.39, 0.29) is 17.6 Å². The smallest absolute Gasteiger partial charge is 0.399 e. The van der Waals surface area contributed by atoms with Gasteiger partial charge in [0.2, 0.25) is 0 Å². The van der Waals surface area contributed by atoms with Crippen molar-refractivity contribution in [2.45, 2.75) is 19.1 Å². The van der Waals surface area contributed by atoms with E-state index in [1.54, 1.807) is 31.2 Å². The molecule has 0 saturated heterocycles. The fourth-order valence-electron chi connectivity index (χ4n) is 3.74. The van der Waals surface area contributed by atoms with Crippen molar-refractivity contribution in [3.8, 4) is 11.3 Å². The normalized spacial score (nSPS) is 11.7. The summed E-state index contributed by atoms with van der Waals surface area (Å²) in [5, 5.41) is 4.92. The fourth-order valence-corrected chi connectivity index (χ4v) is 5.93. The summed E-state index contributed by atoms with van der Waals surface area (Å²) in [6.07, 6.45) is 0. The number of halogens is 3. The largest absolute Gasteiger partial charge is 0.459 e. The van der Waals surface area contributed by atoms with Gasteiger partial charge in [0.15, 0.2) is 5.13 Å². The van der Waals surface area contributed by atoms with Crippen LogP contribution in [0.5, 0.6) is 0 Å². The Morgan fingerprint density at radius 1 is 1.10 bits per heavy atom. The molecule has 4 rings (SSSR count). The molecule has 4 aromatic rings. The number of para-hydroxylation sites is 1. The Kier molecular flexibility index (Phi) is 9.35. The highest BCUT2D eigenvalue weighted by Gasteiger charge is 2.51. The summed E-state index contributed by atoms with van der Waals surface area (Å²) >= 11 is 4.40. The van der Waals surface area contributed by atoms with Gasteiger partial charge in [-0.25, -0.2) is 9.78 Å². The number of benzene rings is 3. The summed E-state index contributed by atoms with van der Waals surface area (Å²) in [6.45, 7) is 1.91. The molecule has 1 amide bonds. The van der Waals surface area contributed by atoms with Gasteiger partial charge in [0.05, 0.1) is 18.8 Å². The van der Waals surface area contributed by atoms with Gasteiger partial charge in [0, 0.05) is 32.4 Å². The van der Waals surface area contributed by atoms with Crippen molar-refractivity contribution in [2.75, 3.05) is 16.8 Å². The number of amides is 1. The number of ether oxygens (including phenoxy) is 1. The Hall–Kier alpha value is -3.48. The van der Waals surface area contributed by atoms with Crippen molar-refractivity contribution < 1.29 is 37.5 Å². The first-order chi connectivity index (χ1) is 19.4. The van der Waals surface area contributed by atoms with Gasteiger partial charge in [-0.2, -0.15) is 8.78 Å². The molecule has 0 radical (unpaired) electrons. The number of nitrogens with zero attached hydrogens (tertiary/aromatic N) is 2. The molecule has 1 aromatic heterocycles. The number of rotatable bonds is 9. The van der Waals surface area contributed by atoms with E-state index >= 15 is 0 Å². The fraction of sp³-hybridized carbons (Fsp3) is 0.148. The number of anilines is 3. The van der Waals surface area contributed by atoms with Gasteiger partial charge in [-0.1, -0.05) is 58.4 Å². The van der Waals surface area contributed by atoms with Gasteiger partial charge in [-0.15, -0.1) is 11.3 Å². The Labute approximate surface area is 246 Å². The summed E-state index contributed by atoms with van der Waals surface area (Å²) in [7, 11) is -5.72. The number of hydrogen-bond acceptors (Lipinski definition) is 7. The van der Waals surface area contributed by atoms with Gasteiger partial charge >= 0.3 is 25.1 Å². The average Bonchev–Trinajstić information content (AvgIpc) is 3.42. The molecular formula is C27H23BrF2N3O6PS. The molecule has 214 valence electrons. The number of nitrogens with one attached hydrogen (secondary N) is 1. The molecule has 0 aliphatic carbocycles. The number of carbonyl (C=O) groups is 2. The number of carbonyl (C=O) groups excluding carboxylic acids is 2. The minimum Gasteiger partial charge on any atom is -0.459 e. The van der Waals surface area contributed by atoms with E-state index < -0.39 is 30.7 Å². The van der Waals surface area contributed by atoms with Crippen LogP contribution in [0.25, 0.3) is 11.3 Å². The van der Waals surface area contributed by atoms with E-state index in [9.17, 15) is 22.9 Å². The minimum absolute atomic E-state index is 0.0898. The zero-order valence-corrected chi connectivity index (χ0v) is 24.6. The molecule has 0 unspecified atom stereocenters. The molecule has 0 atom stereocenters. The van der Waals surface area contributed by atoms with E-state index in [1.165, 1.54) is 23.5 Å². The first-order valence-corrected chi connectivity index (χ1v) is 15.3. The summed E-state index contributed by atoms with van der Waals surface area (Å²) in [5.41, 5.74) is -1.97. The van der Waals surface area contributed by atoms with E-state index in [0.29, 0.717) is 22.1 Å². The molecule has 41 heavy (non-hydrogen) atoms. The average molecular weight is 666 g/mol. The highest BCUT2D eigenvalue weighted by Crippen LogP contribution is 2.60. The summed E-state index contributed by atoms with van der Waals surface area (Å²) in [4.78, 5) is 48.3. The van der Waals surface area contributed by atoms with Gasteiger partial charge in [-0.05, 0) is 42.8 Å². The molecule has 0 fully saturated rings. The predicted octanol–water partition coefficient (Wildman–Crippen LogP) is 6.64. The summed E-state index contributed by atoms with van der Waals surface area (Å²) in [5.74, 6) is -1.85. The second-order valence-electron chi connectivity index (χ2n) is 8.59. The molecule has 9 nitrogen and oxygen atoms in total. The Morgan fingerprint density at radius 2 is 1.78 bits per heavy atom. The number of thiazole rings is 1. The van der Waals surface area contributed by atoms with Crippen LogP contribution in [-0.2, 0) is 31.1 Å². The molecule has 1 heterocycles. The van der Waals surface area contributed by atoms with E-state index in [4.69, 9.17) is 14.8 Å². The third-order valence-corrected chi connectivity index (χ3v) is 8.25. The van der Waals surface area contributed by atoms with Crippen LogP contribution in [0.1, 0.15) is 18.1 Å². The molecule has 0 aliphatic heterocycles. The maximum absolute atomic E-state index is 14.3. The highest BCUT2D eigenvalue weighted by molar-refractivity contribution is 9.10. The van der Waals surface area contributed by atoms with E-state index in [2.05, 4.69) is 26.0 Å². The summed E-state index contributed by atoms with van der Waals surface area (Å²) < 4.78 is 44.5. The monoisotopic (exact) mass is 665 g/mol. The lowest BCUT2D eigenvalue weighted by Crippen LogP contribution is -2.24. The predicted molar refractivity (Wildman–Crippen MR) is 155 cm³/mol. The Morgan fingerprint density at radius 3 is 2.39 bits per heavy atom. The van der Waals surface area contributed by atoms with Crippen LogP contribution >= 0.6 is 34.9 Å². The van der Waals surface area contributed by atoms with Crippen molar-refractivity contribution in [1.82, 2.24) is 4.98 Å². The van der Waals surface area contributed by atoms with Crippen LogP contribution in [0, 0.1) is 0 Å². The Bertz CT molecular complexity index is 1600. The van der Waals surface area contributed by atoms with Gasteiger partial charge in [-0.3, -0.25) is 9.36 Å². The van der Waals surface area contributed by atoms with Crippen molar-refractivity contribution in [3.63, 3.8) is 0 Å². The number of esters is 1. The highest BCUT2D eigenvalue weighted by atomic mass is 79.9. The standard InChI is InChI=1S/C27H23BrF2N3O6PS/c1-2-39-25(35)24(34)31-19-11-9-18(10-12-19)23-16-41-26(32-23)33(20-6-4-3-5-7-20)15-17-8-13-21(22(28)14-17)27(29,30)40(36,37)38/h3-14,16H,2,15H2,1H3,(H,31,34)(H2,36,37,38). The van der Waals surface area contributed by atoms with Gasteiger partial charge in [0.1, 0.15) is 0 Å². The zero-order valence-electron chi connectivity index (χ0n) is 21.3. The van der Waals surface area contributed by atoms with Crippen molar-refractivity contribution in [1.29, 1.82) is 0 Å². The number of hydrogen-bond donors (Lipinski definition) is 3. The number of alkyl halides is 2. The lowest BCUT2D eigenvalue weighted by atomic mass is 10.1. The van der Waals surface area contributed by atoms with Crippen molar-refractivity contribution in [3.05, 3.63) is 93.8 Å². The Balaban J connectivity index is 1.59. The quantitative estimate of drug-likeness (QED) is 0.103. The molecule has 3 aromatic carbocycles. The van der Waals surface area contributed by atoms with Gasteiger partial charge in [0.25, 0.3) is 0 Å². The van der Waals surface area contributed by atoms with Crippen LogP contribution < -0.4 is 10.2 Å². The number of aromatic nitrogens is 1. The molecule has 0 saturated carbocycles. The third kappa shape index (κ3) is 7.06. The summed E-state index contributed by atoms with van der Waals surface area (Å²) in [6, 6.07) is 19.8. The first-order valence-electron chi connectivity index (χ1n) is 12.0. The van der Waals surface area contributed by atoms with E-state index in [0.717, 1.165) is 17.3 Å². The van der Waals surface area contributed by atoms with E-state index in [1.807, 2.05) is 40.6 Å². The lowest BCUT2D eigenvalue weighted by molar-refractivity contribution is -0.152. The van der Waals surface area contributed by atoms with Crippen LogP contribution in [0.4, 0.5) is 25.3 Å². The van der Waals surface area contributed by atoms with Gasteiger partial charge < -0.3 is 24.7 Å². The minimum atomic E-state index is -5.72. The molecule has 14 heteroatoms.